The van der Waals surface area contributed by atoms with Gasteiger partial charge in [0.1, 0.15) is 0 Å². The van der Waals surface area contributed by atoms with Crippen LogP contribution in [0.3, 0.4) is 0 Å². The van der Waals surface area contributed by atoms with Gasteiger partial charge >= 0.3 is 0 Å². The molecule has 2 aromatic carbocycles. The zero-order valence-electron chi connectivity index (χ0n) is 21.2. The normalized spacial score (nSPS) is 16.9. The number of carbonyl (C=O) groups excluding carboxylic acids is 2. The highest BCUT2D eigenvalue weighted by Gasteiger charge is 2.25. The summed E-state index contributed by atoms with van der Waals surface area (Å²) in [5.74, 6) is -7.44. The number of likely N-dealkylation sites (tertiary alicyclic amines) is 1. The van der Waals surface area contributed by atoms with Crippen molar-refractivity contribution in [3.63, 3.8) is 0 Å². The number of rotatable bonds is 4. The molecule has 0 spiro atoms. The molecule has 2 heterocycles. The van der Waals surface area contributed by atoms with Crippen LogP contribution in [-0.4, -0.2) is 29.8 Å². The molecule has 2 atom stereocenters. The summed E-state index contributed by atoms with van der Waals surface area (Å²) in [7, 11) is 0. The number of carbonyl (C=O) groups is 2. The molecule has 210 valence electrons. The SMILES string of the molecule is CC(c1cc(F)c(F)c(F)c1)N1CCCCC1=O.CCC(Br)c1cc(F)c(F)c(F)c1.O=C1CCCCN1. The van der Waals surface area contributed by atoms with Crippen molar-refractivity contribution in [1.29, 1.82) is 0 Å². The smallest absolute Gasteiger partial charge is 0.223 e. The molecular weight excluding hydrogens is 578 g/mol. The van der Waals surface area contributed by atoms with Crippen LogP contribution in [0, 0.1) is 34.9 Å². The lowest BCUT2D eigenvalue weighted by molar-refractivity contribution is -0.135. The van der Waals surface area contributed by atoms with Gasteiger partial charge in [-0.2, -0.15) is 0 Å². The van der Waals surface area contributed by atoms with Crippen LogP contribution in [0.1, 0.15) is 80.8 Å². The van der Waals surface area contributed by atoms with Gasteiger partial charge < -0.3 is 10.2 Å². The summed E-state index contributed by atoms with van der Waals surface area (Å²) in [6, 6.07) is 3.46. The second kappa shape index (κ2) is 15.1. The molecule has 0 radical (unpaired) electrons. The summed E-state index contributed by atoms with van der Waals surface area (Å²) in [6.45, 7) is 5.01. The summed E-state index contributed by atoms with van der Waals surface area (Å²) in [6.07, 6.45) is 5.83. The first kappa shape index (κ1) is 31.7. The number of nitrogens with zero attached hydrogens (tertiary/aromatic N) is 1. The van der Waals surface area contributed by atoms with Gasteiger partial charge in [-0.25, -0.2) is 26.3 Å². The van der Waals surface area contributed by atoms with Gasteiger partial charge in [0.15, 0.2) is 34.9 Å². The quantitative estimate of drug-likeness (QED) is 0.223. The molecular formula is C27H31BrF6N2O2. The fourth-order valence-electron chi connectivity index (χ4n) is 3.95. The number of hydrogen-bond acceptors (Lipinski definition) is 2. The van der Waals surface area contributed by atoms with Gasteiger partial charge in [0.05, 0.1) is 6.04 Å². The average Bonchev–Trinajstić information content (AvgIpc) is 2.90. The largest absolute Gasteiger partial charge is 0.356 e. The minimum Gasteiger partial charge on any atom is -0.356 e. The van der Waals surface area contributed by atoms with Crippen LogP contribution in [0.2, 0.25) is 0 Å². The molecule has 0 bridgehead atoms. The molecule has 2 aromatic rings. The van der Waals surface area contributed by atoms with Crippen molar-refractivity contribution in [2.45, 2.75) is 69.7 Å². The molecule has 1 N–H and O–H groups in total. The molecule has 2 unspecified atom stereocenters. The Kier molecular flexibility index (Phi) is 12.6. The van der Waals surface area contributed by atoms with E-state index >= 15 is 0 Å². The number of amides is 2. The predicted octanol–water partition coefficient (Wildman–Crippen LogP) is 7.41. The van der Waals surface area contributed by atoms with E-state index in [-0.39, 0.29) is 22.2 Å². The molecule has 4 rings (SSSR count). The molecule has 2 saturated heterocycles. The molecule has 2 fully saturated rings. The maximum atomic E-state index is 13.1. The lowest BCUT2D eigenvalue weighted by Crippen LogP contribution is -2.37. The Balaban J connectivity index is 0.000000220. The van der Waals surface area contributed by atoms with Crippen molar-refractivity contribution in [3.05, 3.63) is 70.3 Å². The number of benzene rings is 2. The minimum absolute atomic E-state index is 0.0288. The van der Waals surface area contributed by atoms with Crippen LogP contribution in [0.15, 0.2) is 24.3 Å². The van der Waals surface area contributed by atoms with E-state index in [2.05, 4.69) is 21.2 Å². The van der Waals surface area contributed by atoms with Gasteiger partial charge in [0.2, 0.25) is 11.8 Å². The summed E-state index contributed by atoms with van der Waals surface area (Å²) >= 11 is 3.22. The van der Waals surface area contributed by atoms with Crippen molar-refractivity contribution < 1.29 is 35.9 Å². The molecule has 11 heteroatoms. The monoisotopic (exact) mass is 608 g/mol. The van der Waals surface area contributed by atoms with Crippen LogP contribution in [0.5, 0.6) is 0 Å². The van der Waals surface area contributed by atoms with Gasteiger partial charge in [-0.15, -0.1) is 0 Å². The van der Waals surface area contributed by atoms with E-state index in [0.717, 1.165) is 62.9 Å². The van der Waals surface area contributed by atoms with Crippen LogP contribution in [-0.2, 0) is 9.59 Å². The zero-order chi connectivity index (χ0) is 28.4. The maximum Gasteiger partial charge on any atom is 0.223 e. The highest BCUT2D eigenvalue weighted by Crippen LogP contribution is 2.28. The lowest BCUT2D eigenvalue weighted by Gasteiger charge is -2.32. The Morgan fingerprint density at radius 3 is 1.71 bits per heavy atom. The number of alkyl halides is 1. The van der Waals surface area contributed by atoms with E-state index in [1.807, 2.05) is 6.92 Å². The van der Waals surface area contributed by atoms with Gasteiger partial charge in [0, 0.05) is 30.8 Å². The molecule has 2 amide bonds. The van der Waals surface area contributed by atoms with Gasteiger partial charge in [0.25, 0.3) is 0 Å². The number of piperidine rings is 2. The van der Waals surface area contributed by atoms with Crippen LogP contribution >= 0.6 is 15.9 Å². The highest BCUT2D eigenvalue weighted by atomic mass is 79.9. The minimum atomic E-state index is -1.48. The van der Waals surface area contributed by atoms with Crippen LogP contribution in [0.4, 0.5) is 26.3 Å². The summed E-state index contributed by atoms with van der Waals surface area (Å²) < 4.78 is 77.1. The van der Waals surface area contributed by atoms with Gasteiger partial charge in [-0.05, 0) is 74.4 Å². The second-order valence-corrected chi connectivity index (χ2v) is 10.1. The summed E-state index contributed by atoms with van der Waals surface area (Å²) in [4.78, 5) is 23.5. The third-order valence-corrected chi connectivity index (χ3v) is 7.37. The fourth-order valence-corrected chi connectivity index (χ4v) is 4.22. The zero-order valence-corrected chi connectivity index (χ0v) is 22.8. The molecule has 2 aliphatic heterocycles. The van der Waals surface area contributed by atoms with E-state index in [0.29, 0.717) is 24.9 Å². The predicted molar refractivity (Wildman–Crippen MR) is 135 cm³/mol. The molecule has 38 heavy (non-hydrogen) atoms. The number of hydrogen-bond donors (Lipinski definition) is 1. The second-order valence-electron chi connectivity index (χ2n) is 9.00. The van der Waals surface area contributed by atoms with Crippen LogP contribution < -0.4 is 5.32 Å². The molecule has 0 saturated carbocycles. The Labute approximate surface area is 226 Å². The number of halogens is 7. The van der Waals surface area contributed by atoms with E-state index in [9.17, 15) is 35.9 Å². The molecule has 0 aromatic heterocycles. The van der Waals surface area contributed by atoms with Crippen molar-refractivity contribution >= 4 is 27.7 Å². The summed E-state index contributed by atoms with van der Waals surface area (Å²) in [5.41, 5.74) is 0.695. The first-order valence-electron chi connectivity index (χ1n) is 12.4. The Bertz CT molecular complexity index is 1060. The topological polar surface area (TPSA) is 49.4 Å². The first-order valence-corrected chi connectivity index (χ1v) is 13.4. The average molecular weight is 609 g/mol. The van der Waals surface area contributed by atoms with Crippen molar-refractivity contribution in [2.75, 3.05) is 13.1 Å². The van der Waals surface area contributed by atoms with Crippen molar-refractivity contribution in [2.24, 2.45) is 0 Å². The Morgan fingerprint density at radius 1 is 0.816 bits per heavy atom. The van der Waals surface area contributed by atoms with E-state index in [1.165, 1.54) is 0 Å². The third kappa shape index (κ3) is 9.03. The molecule has 2 aliphatic rings. The van der Waals surface area contributed by atoms with Crippen LogP contribution in [0.25, 0.3) is 0 Å². The highest BCUT2D eigenvalue weighted by molar-refractivity contribution is 9.09. The van der Waals surface area contributed by atoms with Gasteiger partial charge in [-0.3, -0.25) is 9.59 Å². The standard InChI is InChI=1S/C13H14F3NO.C9H8BrF3.C5H9NO/c1-8(17-5-3-2-4-12(17)18)9-6-10(14)13(16)11(15)7-9;1-2-6(10)5-3-7(11)9(13)8(12)4-5;7-5-3-1-2-4-6-5/h6-8H,2-5H2,1H3;3-4,6H,2H2,1H3;1-4H2,(H,6,7). The molecule has 0 aliphatic carbocycles. The fraction of sp³-hybridized carbons (Fsp3) is 0.481. The van der Waals surface area contributed by atoms with Crippen molar-refractivity contribution in [3.8, 4) is 0 Å². The molecule has 4 nitrogen and oxygen atoms in total. The third-order valence-electron chi connectivity index (χ3n) is 6.20. The Morgan fingerprint density at radius 2 is 1.32 bits per heavy atom. The van der Waals surface area contributed by atoms with E-state index in [1.54, 1.807) is 11.8 Å². The number of nitrogens with one attached hydrogen (secondary N) is 1. The Hall–Kier alpha value is -2.56. The van der Waals surface area contributed by atoms with E-state index < -0.39 is 40.9 Å². The first-order chi connectivity index (χ1) is 18.0. The lowest BCUT2D eigenvalue weighted by atomic mass is 10.0. The maximum absolute atomic E-state index is 13.1. The van der Waals surface area contributed by atoms with Crippen molar-refractivity contribution in [1.82, 2.24) is 10.2 Å². The van der Waals surface area contributed by atoms with Gasteiger partial charge in [-0.1, -0.05) is 22.9 Å². The summed E-state index contributed by atoms with van der Waals surface area (Å²) in [5, 5.41) is 2.74. The van der Waals surface area contributed by atoms with E-state index in [4.69, 9.17) is 0 Å².